The van der Waals surface area contributed by atoms with Crippen molar-refractivity contribution in [3.8, 4) is 0 Å². The standard InChI is InChI=1S/C15H18/c1-5-7-8-14(6-2)15-10-12(3)9-13(4)11-15/h5-11H,1H2,2-4H3/b8-7-,14-6+. The lowest BCUT2D eigenvalue weighted by Crippen LogP contribution is -1.85. The van der Waals surface area contributed by atoms with Crippen molar-refractivity contribution in [2.75, 3.05) is 0 Å². The van der Waals surface area contributed by atoms with Crippen LogP contribution in [0.1, 0.15) is 23.6 Å². The first-order chi connectivity index (χ1) is 7.17. The largest absolute Gasteiger partial charge is 0.0991 e. The lowest BCUT2D eigenvalue weighted by molar-refractivity contribution is 1.36. The molecule has 0 N–H and O–H groups in total. The van der Waals surface area contributed by atoms with E-state index in [0.29, 0.717) is 0 Å². The smallest absolute Gasteiger partial charge is 0.0182 e. The van der Waals surface area contributed by atoms with Gasteiger partial charge >= 0.3 is 0 Å². The summed E-state index contributed by atoms with van der Waals surface area (Å²) in [6.07, 6.45) is 7.97. The summed E-state index contributed by atoms with van der Waals surface area (Å²) in [4.78, 5) is 0. The number of aryl methyl sites for hydroxylation is 2. The summed E-state index contributed by atoms with van der Waals surface area (Å²) < 4.78 is 0. The Hall–Kier alpha value is -1.56. The average Bonchev–Trinajstić information content (AvgIpc) is 2.17. The van der Waals surface area contributed by atoms with E-state index in [4.69, 9.17) is 0 Å². The summed E-state index contributed by atoms with van der Waals surface area (Å²) in [5.74, 6) is 0. The molecule has 0 atom stereocenters. The third-order valence-electron chi connectivity index (χ3n) is 2.28. The van der Waals surface area contributed by atoms with E-state index in [9.17, 15) is 0 Å². The molecular weight excluding hydrogens is 180 g/mol. The molecule has 0 heteroatoms. The van der Waals surface area contributed by atoms with Gasteiger partial charge in [-0.1, -0.05) is 60.2 Å². The Bertz CT molecular complexity index is 386. The van der Waals surface area contributed by atoms with E-state index in [1.165, 1.54) is 22.3 Å². The van der Waals surface area contributed by atoms with Crippen LogP contribution in [0, 0.1) is 13.8 Å². The monoisotopic (exact) mass is 198 g/mol. The first-order valence-corrected chi connectivity index (χ1v) is 5.21. The zero-order valence-corrected chi connectivity index (χ0v) is 9.75. The third kappa shape index (κ3) is 3.25. The number of allylic oxidation sites excluding steroid dienone is 5. The van der Waals surface area contributed by atoms with Gasteiger partial charge in [0.1, 0.15) is 0 Å². The van der Waals surface area contributed by atoms with Gasteiger partial charge < -0.3 is 0 Å². The minimum atomic E-state index is 1.24. The van der Waals surface area contributed by atoms with E-state index in [-0.39, 0.29) is 0 Å². The van der Waals surface area contributed by atoms with E-state index < -0.39 is 0 Å². The van der Waals surface area contributed by atoms with Crippen molar-refractivity contribution in [2.24, 2.45) is 0 Å². The molecule has 0 heterocycles. The fourth-order valence-electron chi connectivity index (χ4n) is 1.67. The van der Waals surface area contributed by atoms with Crippen LogP contribution in [-0.2, 0) is 0 Å². The van der Waals surface area contributed by atoms with E-state index >= 15 is 0 Å². The molecule has 0 unspecified atom stereocenters. The van der Waals surface area contributed by atoms with Gasteiger partial charge in [0.15, 0.2) is 0 Å². The van der Waals surface area contributed by atoms with Crippen molar-refractivity contribution in [2.45, 2.75) is 20.8 Å². The Morgan fingerprint density at radius 1 is 1.13 bits per heavy atom. The molecule has 1 rings (SSSR count). The van der Waals surface area contributed by atoms with Gasteiger partial charge in [-0.05, 0) is 31.9 Å². The molecule has 0 aliphatic heterocycles. The van der Waals surface area contributed by atoms with Gasteiger partial charge in [-0.3, -0.25) is 0 Å². The lowest BCUT2D eigenvalue weighted by atomic mass is 10.0. The molecule has 0 amide bonds. The van der Waals surface area contributed by atoms with Crippen LogP contribution in [-0.4, -0.2) is 0 Å². The molecule has 0 aliphatic carbocycles. The molecule has 0 saturated carbocycles. The highest BCUT2D eigenvalue weighted by Gasteiger charge is 1.98. The molecule has 1 aromatic carbocycles. The zero-order valence-electron chi connectivity index (χ0n) is 9.75. The minimum Gasteiger partial charge on any atom is -0.0991 e. The average molecular weight is 198 g/mol. The van der Waals surface area contributed by atoms with E-state index in [0.717, 1.165) is 0 Å². The van der Waals surface area contributed by atoms with Crippen molar-refractivity contribution < 1.29 is 0 Å². The van der Waals surface area contributed by atoms with Gasteiger partial charge in [0.2, 0.25) is 0 Å². The van der Waals surface area contributed by atoms with Crippen molar-refractivity contribution in [3.63, 3.8) is 0 Å². The summed E-state index contributed by atoms with van der Waals surface area (Å²) >= 11 is 0. The van der Waals surface area contributed by atoms with Crippen molar-refractivity contribution >= 4 is 5.57 Å². The maximum absolute atomic E-state index is 3.68. The number of benzene rings is 1. The van der Waals surface area contributed by atoms with Crippen LogP contribution in [0.25, 0.3) is 5.57 Å². The summed E-state index contributed by atoms with van der Waals surface area (Å²) in [5.41, 5.74) is 5.11. The maximum atomic E-state index is 3.68. The highest BCUT2D eigenvalue weighted by Crippen LogP contribution is 2.19. The molecule has 0 fully saturated rings. The molecule has 0 aromatic heterocycles. The minimum absolute atomic E-state index is 1.24. The molecule has 1 aromatic rings. The Kier molecular flexibility index (Phi) is 4.11. The Labute approximate surface area is 92.6 Å². The SMILES string of the molecule is C=C/C=C\C(=C/C)c1cc(C)cc(C)c1. The number of rotatable bonds is 3. The van der Waals surface area contributed by atoms with Gasteiger partial charge in [-0.2, -0.15) is 0 Å². The topological polar surface area (TPSA) is 0 Å². The lowest BCUT2D eigenvalue weighted by Gasteiger charge is -2.05. The van der Waals surface area contributed by atoms with Crippen LogP contribution in [0.3, 0.4) is 0 Å². The van der Waals surface area contributed by atoms with Gasteiger partial charge in [0, 0.05) is 0 Å². The number of hydrogen-bond donors (Lipinski definition) is 0. The van der Waals surface area contributed by atoms with Crippen LogP contribution in [0.4, 0.5) is 0 Å². The second-order valence-electron chi connectivity index (χ2n) is 3.72. The first kappa shape index (κ1) is 11.5. The van der Waals surface area contributed by atoms with Crippen LogP contribution in [0.2, 0.25) is 0 Å². The third-order valence-corrected chi connectivity index (χ3v) is 2.28. The van der Waals surface area contributed by atoms with Crippen molar-refractivity contribution in [1.29, 1.82) is 0 Å². The van der Waals surface area contributed by atoms with Gasteiger partial charge in [0.05, 0.1) is 0 Å². The van der Waals surface area contributed by atoms with E-state index in [1.807, 2.05) is 6.08 Å². The molecule has 0 nitrogen and oxygen atoms in total. The quantitative estimate of drug-likeness (QED) is 0.629. The number of hydrogen-bond acceptors (Lipinski definition) is 0. The molecule has 0 saturated heterocycles. The van der Waals surface area contributed by atoms with E-state index in [1.54, 1.807) is 6.08 Å². The molecule has 78 valence electrons. The molecule has 0 aliphatic rings. The molecular formula is C15H18. The second-order valence-corrected chi connectivity index (χ2v) is 3.72. The maximum Gasteiger partial charge on any atom is -0.0182 e. The summed E-state index contributed by atoms with van der Waals surface area (Å²) in [6, 6.07) is 6.60. The molecule has 0 spiro atoms. The molecule has 15 heavy (non-hydrogen) atoms. The second kappa shape index (κ2) is 5.35. The van der Waals surface area contributed by atoms with Gasteiger partial charge in [-0.15, -0.1) is 0 Å². The zero-order chi connectivity index (χ0) is 11.3. The predicted molar refractivity (Wildman–Crippen MR) is 68.9 cm³/mol. The highest BCUT2D eigenvalue weighted by atomic mass is 14.0. The Morgan fingerprint density at radius 2 is 1.73 bits per heavy atom. The Morgan fingerprint density at radius 3 is 2.20 bits per heavy atom. The van der Waals surface area contributed by atoms with Crippen LogP contribution < -0.4 is 0 Å². The molecule has 0 radical (unpaired) electrons. The van der Waals surface area contributed by atoms with Crippen LogP contribution in [0.5, 0.6) is 0 Å². The summed E-state index contributed by atoms with van der Waals surface area (Å²) in [7, 11) is 0. The predicted octanol–water partition coefficient (Wildman–Crippen LogP) is 4.45. The summed E-state index contributed by atoms with van der Waals surface area (Å²) in [5, 5.41) is 0. The fraction of sp³-hybridized carbons (Fsp3) is 0.200. The van der Waals surface area contributed by atoms with Crippen molar-refractivity contribution in [1.82, 2.24) is 0 Å². The van der Waals surface area contributed by atoms with Crippen LogP contribution >= 0.6 is 0 Å². The van der Waals surface area contributed by atoms with Crippen molar-refractivity contribution in [3.05, 3.63) is 65.8 Å². The Balaban J connectivity index is 3.13. The first-order valence-electron chi connectivity index (χ1n) is 5.21. The van der Waals surface area contributed by atoms with Crippen LogP contribution in [0.15, 0.2) is 49.1 Å². The highest BCUT2D eigenvalue weighted by molar-refractivity contribution is 5.74. The summed E-state index contributed by atoms with van der Waals surface area (Å²) in [6.45, 7) is 9.99. The normalized spacial score (nSPS) is 12.1. The molecule has 0 bridgehead atoms. The van der Waals surface area contributed by atoms with E-state index in [2.05, 4.69) is 57.7 Å². The fourth-order valence-corrected chi connectivity index (χ4v) is 1.67. The van der Waals surface area contributed by atoms with Gasteiger partial charge in [-0.25, -0.2) is 0 Å². The van der Waals surface area contributed by atoms with Gasteiger partial charge in [0.25, 0.3) is 0 Å².